The maximum absolute atomic E-state index is 13.3. The van der Waals surface area contributed by atoms with Crippen LogP contribution >= 0.6 is 0 Å². The van der Waals surface area contributed by atoms with Gasteiger partial charge in [0.2, 0.25) is 17.7 Å². The summed E-state index contributed by atoms with van der Waals surface area (Å²) in [5, 5.41) is 2.76. The largest absolute Gasteiger partial charge is 0.344 e. The Morgan fingerprint density at radius 1 is 1.06 bits per heavy atom. The number of carbonyl (C=O) groups is 3. The van der Waals surface area contributed by atoms with Gasteiger partial charge in [0.15, 0.2) is 0 Å². The van der Waals surface area contributed by atoms with E-state index in [-0.39, 0.29) is 23.6 Å². The fourth-order valence-corrected chi connectivity index (χ4v) is 4.55. The number of nitrogens with one attached hydrogen (secondary N) is 1. The van der Waals surface area contributed by atoms with E-state index in [1.54, 1.807) is 15.9 Å². The molecule has 1 N–H and O–H groups in total. The van der Waals surface area contributed by atoms with Gasteiger partial charge in [-0.1, -0.05) is 60.7 Å². The third-order valence-corrected chi connectivity index (χ3v) is 6.21. The molecule has 2 aromatic rings. The van der Waals surface area contributed by atoms with Gasteiger partial charge in [0, 0.05) is 32.6 Å². The lowest BCUT2D eigenvalue weighted by atomic mass is 9.94. The van der Waals surface area contributed by atoms with Gasteiger partial charge in [-0.3, -0.25) is 14.4 Å². The number of benzene rings is 2. The van der Waals surface area contributed by atoms with Gasteiger partial charge in [-0.05, 0) is 29.5 Å². The van der Waals surface area contributed by atoms with Crippen LogP contribution in [0.25, 0.3) is 11.1 Å². The third kappa shape index (κ3) is 4.90. The lowest BCUT2D eigenvalue weighted by Crippen LogP contribution is -2.46. The van der Waals surface area contributed by atoms with Crippen molar-refractivity contribution in [3.8, 4) is 11.1 Å². The number of hydrogen-bond acceptors (Lipinski definition) is 3. The van der Waals surface area contributed by atoms with Crippen LogP contribution in [0.1, 0.15) is 18.4 Å². The lowest BCUT2D eigenvalue weighted by Gasteiger charge is -2.26. The number of nitrogens with zero attached hydrogens (tertiary/aromatic N) is 2. The fraction of sp³-hybridized carbons (Fsp3) is 0.346. The highest BCUT2D eigenvalue weighted by molar-refractivity contribution is 5.91. The fourth-order valence-electron chi connectivity index (χ4n) is 4.55. The highest BCUT2D eigenvalue weighted by atomic mass is 16.2. The topological polar surface area (TPSA) is 69.7 Å². The summed E-state index contributed by atoms with van der Waals surface area (Å²) in [5.74, 6) is -0.478. The van der Waals surface area contributed by atoms with E-state index in [0.29, 0.717) is 45.4 Å². The van der Waals surface area contributed by atoms with Gasteiger partial charge in [-0.25, -0.2) is 0 Å². The molecule has 3 amide bonds. The summed E-state index contributed by atoms with van der Waals surface area (Å²) in [7, 11) is 0. The summed E-state index contributed by atoms with van der Waals surface area (Å²) in [4.78, 5) is 41.5. The second-order valence-electron chi connectivity index (χ2n) is 8.48. The Hall–Kier alpha value is -3.41. The van der Waals surface area contributed by atoms with Crippen molar-refractivity contribution in [2.24, 2.45) is 5.92 Å². The molecule has 0 aliphatic carbocycles. The van der Waals surface area contributed by atoms with Crippen LogP contribution in [0.4, 0.5) is 0 Å². The molecule has 2 saturated heterocycles. The normalized spacial score (nSPS) is 21.2. The Balaban J connectivity index is 1.55. The van der Waals surface area contributed by atoms with Crippen molar-refractivity contribution in [2.45, 2.75) is 25.3 Å². The zero-order valence-corrected chi connectivity index (χ0v) is 18.2. The van der Waals surface area contributed by atoms with Crippen LogP contribution in [0.15, 0.2) is 67.3 Å². The van der Waals surface area contributed by atoms with Crippen molar-refractivity contribution < 1.29 is 14.4 Å². The van der Waals surface area contributed by atoms with Gasteiger partial charge in [-0.2, -0.15) is 0 Å². The van der Waals surface area contributed by atoms with Crippen LogP contribution in [-0.2, 0) is 20.8 Å². The first-order valence-corrected chi connectivity index (χ1v) is 11.2. The van der Waals surface area contributed by atoms with Crippen LogP contribution in [0.3, 0.4) is 0 Å². The molecule has 2 atom stereocenters. The molecular weight excluding hydrogens is 402 g/mol. The molecule has 0 unspecified atom stereocenters. The molecule has 2 aliphatic heterocycles. The van der Waals surface area contributed by atoms with Crippen molar-refractivity contribution in [2.75, 3.05) is 26.2 Å². The molecule has 0 aromatic heterocycles. The summed E-state index contributed by atoms with van der Waals surface area (Å²) in [6.07, 6.45) is 3.16. The highest BCUT2D eigenvalue weighted by Gasteiger charge is 2.36. The standard InChI is InChI=1S/C26H29N3O3/c1-2-13-28-14-15-29(26(32)23-11-12-24(30)27-23)18-22(25(28)31)17-19-7-6-10-21(16-19)20-8-4-3-5-9-20/h2-10,16,22-23H,1,11-15,17-18H2,(H,27,30)/t22-,23-/m0/s1. The first kappa shape index (κ1) is 21.8. The molecule has 166 valence electrons. The Morgan fingerprint density at radius 3 is 2.56 bits per heavy atom. The van der Waals surface area contributed by atoms with E-state index < -0.39 is 6.04 Å². The average molecular weight is 432 g/mol. The molecule has 2 aromatic carbocycles. The van der Waals surface area contributed by atoms with E-state index in [1.807, 2.05) is 30.3 Å². The van der Waals surface area contributed by atoms with E-state index in [1.165, 1.54) is 0 Å². The first-order chi connectivity index (χ1) is 15.5. The van der Waals surface area contributed by atoms with Crippen LogP contribution in [0.5, 0.6) is 0 Å². The third-order valence-electron chi connectivity index (χ3n) is 6.21. The minimum atomic E-state index is -0.481. The highest BCUT2D eigenvalue weighted by Crippen LogP contribution is 2.24. The molecule has 6 nitrogen and oxygen atoms in total. The molecule has 0 spiro atoms. The molecule has 0 bridgehead atoms. The molecule has 2 aliphatic rings. The van der Waals surface area contributed by atoms with Crippen molar-refractivity contribution in [3.63, 3.8) is 0 Å². The Bertz CT molecular complexity index is 1000. The summed E-state index contributed by atoms with van der Waals surface area (Å²) in [5.41, 5.74) is 3.30. The molecular formula is C26H29N3O3. The number of carbonyl (C=O) groups excluding carboxylic acids is 3. The summed E-state index contributed by atoms with van der Waals surface area (Å²) >= 11 is 0. The molecule has 2 heterocycles. The predicted molar refractivity (Wildman–Crippen MR) is 124 cm³/mol. The van der Waals surface area contributed by atoms with Gasteiger partial charge in [0.25, 0.3) is 0 Å². The summed E-state index contributed by atoms with van der Waals surface area (Å²) < 4.78 is 0. The van der Waals surface area contributed by atoms with E-state index >= 15 is 0 Å². The minimum absolute atomic E-state index is 0.0424. The molecule has 0 radical (unpaired) electrons. The quantitative estimate of drug-likeness (QED) is 0.715. The smallest absolute Gasteiger partial charge is 0.245 e. The number of rotatable bonds is 6. The second-order valence-corrected chi connectivity index (χ2v) is 8.48. The minimum Gasteiger partial charge on any atom is -0.344 e. The zero-order chi connectivity index (χ0) is 22.5. The summed E-state index contributed by atoms with van der Waals surface area (Å²) in [6, 6.07) is 17.9. The van der Waals surface area contributed by atoms with Gasteiger partial charge in [0.1, 0.15) is 6.04 Å². The number of hydrogen-bond donors (Lipinski definition) is 1. The lowest BCUT2D eigenvalue weighted by molar-refractivity contribution is -0.136. The predicted octanol–water partition coefficient (Wildman–Crippen LogP) is 2.65. The average Bonchev–Trinajstić information content (AvgIpc) is 3.20. The molecule has 4 rings (SSSR count). The molecule has 6 heteroatoms. The van der Waals surface area contributed by atoms with Crippen LogP contribution in [0.2, 0.25) is 0 Å². The molecule has 2 fully saturated rings. The Kier molecular flexibility index (Phi) is 6.69. The Morgan fingerprint density at radius 2 is 1.84 bits per heavy atom. The van der Waals surface area contributed by atoms with Crippen molar-refractivity contribution >= 4 is 17.7 Å². The Labute approximate surface area is 188 Å². The van der Waals surface area contributed by atoms with E-state index in [4.69, 9.17) is 0 Å². The van der Waals surface area contributed by atoms with Gasteiger partial charge in [0.05, 0.1) is 5.92 Å². The molecule has 0 saturated carbocycles. The van der Waals surface area contributed by atoms with Crippen molar-refractivity contribution in [1.82, 2.24) is 15.1 Å². The second kappa shape index (κ2) is 9.81. The molecule has 32 heavy (non-hydrogen) atoms. The van der Waals surface area contributed by atoms with Crippen LogP contribution in [-0.4, -0.2) is 59.7 Å². The maximum Gasteiger partial charge on any atom is 0.245 e. The SMILES string of the molecule is C=CCN1CCN(C(=O)[C@@H]2CCC(=O)N2)C[C@H](Cc2cccc(-c3ccccc3)c2)C1=O. The van der Waals surface area contributed by atoms with E-state index in [2.05, 4.69) is 36.2 Å². The van der Waals surface area contributed by atoms with Gasteiger partial charge >= 0.3 is 0 Å². The first-order valence-electron chi connectivity index (χ1n) is 11.2. The van der Waals surface area contributed by atoms with Crippen LogP contribution < -0.4 is 5.32 Å². The van der Waals surface area contributed by atoms with Crippen LogP contribution in [0, 0.1) is 5.92 Å². The van der Waals surface area contributed by atoms with E-state index in [0.717, 1.165) is 16.7 Å². The van der Waals surface area contributed by atoms with E-state index in [9.17, 15) is 14.4 Å². The maximum atomic E-state index is 13.3. The summed E-state index contributed by atoms with van der Waals surface area (Å²) in [6.45, 7) is 5.53. The zero-order valence-electron chi connectivity index (χ0n) is 18.2. The van der Waals surface area contributed by atoms with Gasteiger partial charge < -0.3 is 15.1 Å². The van der Waals surface area contributed by atoms with Gasteiger partial charge in [-0.15, -0.1) is 6.58 Å². The monoisotopic (exact) mass is 431 g/mol. The van der Waals surface area contributed by atoms with Crippen molar-refractivity contribution in [1.29, 1.82) is 0 Å². The van der Waals surface area contributed by atoms with Crippen molar-refractivity contribution in [3.05, 3.63) is 72.8 Å². The number of amides is 3.